The average molecular weight is 330 g/mol. The Hall–Kier alpha value is -0.410. The van der Waals surface area contributed by atoms with Crippen molar-refractivity contribution in [1.29, 1.82) is 0 Å². The second kappa shape index (κ2) is 8.70. The van der Waals surface area contributed by atoms with Gasteiger partial charge in [-0.15, -0.1) is 0 Å². The van der Waals surface area contributed by atoms with Gasteiger partial charge in [-0.3, -0.25) is 0 Å². The van der Waals surface area contributed by atoms with Gasteiger partial charge in [-0.05, 0) is 55.5 Å². The number of hydrogen-bond acceptors (Lipinski definition) is 1. The van der Waals surface area contributed by atoms with E-state index in [1.54, 1.807) is 6.07 Å². The fourth-order valence-electron chi connectivity index (χ4n) is 2.26. The minimum atomic E-state index is -0.0978. The van der Waals surface area contributed by atoms with Crippen LogP contribution in [0, 0.1) is 17.7 Å². The molecule has 0 fully saturated rings. The smallest absolute Gasteiger partial charge is 0.127 e. The summed E-state index contributed by atoms with van der Waals surface area (Å²) in [5, 5.41) is 3.49. The Kier molecular flexibility index (Phi) is 7.62. The van der Waals surface area contributed by atoms with E-state index in [9.17, 15) is 4.39 Å². The first-order valence-electron chi connectivity index (χ1n) is 7.17. The molecule has 3 heteroatoms. The molecule has 0 aliphatic heterocycles. The Morgan fingerprint density at radius 3 is 2.58 bits per heavy atom. The molecule has 0 bridgehead atoms. The molecule has 0 aromatic heterocycles. The van der Waals surface area contributed by atoms with E-state index in [0.717, 1.165) is 42.4 Å². The number of halogens is 2. The normalized spacial score (nSPS) is 12.9. The fourth-order valence-corrected chi connectivity index (χ4v) is 2.59. The van der Waals surface area contributed by atoms with Crippen LogP contribution in [0.2, 0.25) is 0 Å². The first kappa shape index (κ1) is 16.6. The third kappa shape index (κ3) is 6.53. The first-order chi connectivity index (χ1) is 9.02. The van der Waals surface area contributed by atoms with Crippen molar-refractivity contribution in [2.45, 2.75) is 40.0 Å². The predicted molar refractivity (Wildman–Crippen MR) is 83.9 cm³/mol. The summed E-state index contributed by atoms with van der Waals surface area (Å²) in [5.41, 5.74) is 0.827. The van der Waals surface area contributed by atoms with Crippen LogP contribution >= 0.6 is 15.9 Å². The second-order valence-electron chi connectivity index (χ2n) is 5.65. The molecule has 1 rings (SSSR count). The van der Waals surface area contributed by atoms with E-state index in [2.05, 4.69) is 42.0 Å². The maximum absolute atomic E-state index is 13.9. The summed E-state index contributed by atoms with van der Waals surface area (Å²) >= 11 is 3.30. The number of benzene rings is 1. The molecule has 0 saturated carbocycles. The van der Waals surface area contributed by atoms with Crippen LogP contribution in [0.5, 0.6) is 0 Å². The molecule has 1 nitrogen and oxygen atoms in total. The van der Waals surface area contributed by atoms with Gasteiger partial charge in [0.15, 0.2) is 0 Å². The van der Waals surface area contributed by atoms with Crippen molar-refractivity contribution in [1.82, 2.24) is 5.32 Å². The van der Waals surface area contributed by atoms with Crippen molar-refractivity contribution < 1.29 is 4.39 Å². The van der Waals surface area contributed by atoms with E-state index in [1.165, 1.54) is 0 Å². The van der Waals surface area contributed by atoms with Crippen molar-refractivity contribution in [2.75, 3.05) is 13.1 Å². The minimum absolute atomic E-state index is 0.0978. The zero-order chi connectivity index (χ0) is 14.3. The molecule has 0 spiro atoms. The highest BCUT2D eigenvalue weighted by molar-refractivity contribution is 9.10. The lowest BCUT2D eigenvalue weighted by atomic mass is 9.94. The lowest BCUT2D eigenvalue weighted by Crippen LogP contribution is -2.27. The van der Waals surface area contributed by atoms with E-state index < -0.39 is 0 Å². The summed E-state index contributed by atoms with van der Waals surface area (Å²) in [7, 11) is 0. The molecule has 19 heavy (non-hydrogen) atoms. The molecule has 0 saturated heterocycles. The molecular weight excluding hydrogens is 305 g/mol. The van der Waals surface area contributed by atoms with Crippen LogP contribution in [-0.4, -0.2) is 13.1 Å². The Bertz CT molecular complexity index is 379. The van der Waals surface area contributed by atoms with Crippen LogP contribution in [0.4, 0.5) is 4.39 Å². The number of rotatable bonds is 8. The van der Waals surface area contributed by atoms with Gasteiger partial charge in [-0.25, -0.2) is 4.39 Å². The summed E-state index contributed by atoms with van der Waals surface area (Å²) in [6, 6.07) is 5.37. The predicted octanol–water partition coefficient (Wildman–Crippen LogP) is 4.79. The molecule has 1 aromatic rings. The van der Waals surface area contributed by atoms with Crippen LogP contribution in [0.15, 0.2) is 22.7 Å². The van der Waals surface area contributed by atoms with Gasteiger partial charge in [0.1, 0.15) is 5.82 Å². The lowest BCUT2D eigenvalue weighted by Gasteiger charge is -2.18. The van der Waals surface area contributed by atoms with E-state index in [0.29, 0.717) is 11.8 Å². The standard InChI is InChI=1S/C16H25BrFN/c1-4-5-13(11-19-10-12(2)3)8-14-6-7-15(17)9-16(14)18/h6-7,9,12-13,19H,4-5,8,10-11H2,1-3H3. The van der Waals surface area contributed by atoms with Gasteiger partial charge in [-0.1, -0.05) is 49.2 Å². The molecular formula is C16H25BrFN. The zero-order valence-electron chi connectivity index (χ0n) is 12.2. The van der Waals surface area contributed by atoms with Crippen LogP contribution in [0.3, 0.4) is 0 Å². The summed E-state index contributed by atoms with van der Waals surface area (Å²) in [4.78, 5) is 0. The van der Waals surface area contributed by atoms with Gasteiger partial charge in [0.05, 0.1) is 0 Å². The molecule has 1 unspecified atom stereocenters. The third-order valence-corrected chi connectivity index (χ3v) is 3.70. The molecule has 108 valence electrons. The van der Waals surface area contributed by atoms with Crippen molar-refractivity contribution >= 4 is 15.9 Å². The topological polar surface area (TPSA) is 12.0 Å². The van der Waals surface area contributed by atoms with Gasteiger partial charge in [0, 0.05) is 4.47 Å². The third-order valence-electron chi connectivity index (χ3n) is 3.21. The van der Waals surface area contributed by atoms with E-state index in [-0.39, 0.29) is 5.82 Å². The van der Waals surface area contributed by atoms with Crippen molar-refractivity contribution in [2.24, 2.45) is 11.8 Å². The average Bonchev–Trinajstić information content (AvgIpc) is 2.32. The van der Waals surface area contributed by atoms with Crippen molar-refractivity contribution in [3.05, 3.63) is 34.1 Å². The maximum atomic E-state index is 13.9. The summed E-state index contributed by atoms with van der Waals surface area (Å²) in [5.74, 6) is 1.07. The number of hydrogen-bond donors (Lipinski definition) is 1. The molecule has 0 heterocycles. The van der Waals surface area contributed by atoms with Gasteiger partial charge >= 0.3 is 0 Å². The highest BCUT2D eigenvalue weighted by Crippen LogP contribution is 2.20. The Morgan fingerprint density at radius 1 is 1.26 bits per heavy atom. The maximum Gasteiger partial charge on any atom is 0.127 e. The van der Waals surface area contributed by atoms with Crippen LogP contribution in [0.1, 0.15) is 39.2 Å². The molecule has 0 aliphatic rings. The van der Waals surface area contributed by atoms with E-state index in [4.69, 9.17) is 0 Å². The van der Waals surface area contributed by atoms with Gasteiger partial charge in [-0.2, -0.15) is 0 Å². The largest absolute Gasteiger partial charge is 0.316 e. The second-order valence-corrected chi connectivity index (χ2v) is 6.56. The summed E-state index contributed by atoms with van der Waals surface area (Å²) in [6.07, 6.45) is 3.10. The molecule has 0 aliphatic carbocycles. The van der Waals surface area contributed by atoms with E-state index in [1.807, 2.05) is 12.1 Å². The Labute approximate surface area is 125 Å². The van der Waals surface area contributed by atoms with Gasteiger partial charge in [0.2, 0.25) is 0 Å². The first-order valence-corrected chi connectivity index (χ1v) is 7.96. The minimum Gasteiger partial charge on any atom is -0.316 e. The van der Waals surface area contributed by atoms with E-state index >= 15 is 0 Å². The molecule has 1 atom stereocenters. The molecule has 1 N–H and O–H groups in total. The van der Waals surface area contributed by atoms with Crippen LogP contribution < -0.4 is 5.32 Å². The quantitative estimate of drug-likeness (QED) is 0.722. The summed E-state index contributed by atoms with van der Waals surface area (Å²) in [6.45, 7) is 8.60. The monoisotopic (exact) mass is 329 g/mol. The van der Waals surface area contributed by atoms with Gasteiger partial charge < -0.3 is 5.32 Å². The highest BCUT2D eigenvalue weighted by Gasteiger charge is 2.12. The highest BCUT2D eigenvalue weighted by atomic mass is 79.9. The van der Waals surface area contributed by atoms with Crippen molar-refractivity contribution in [3.8, 4) is 0 Å². The Balaban J connectivity index is 2.56. The molecule has 0 amide bonds. The van der Waals surface area contributed by atoms with Crippen LogP contribution in [-0.2, 0) is 6.42 Å². The number of nitrogens with one attached hydrogen (secondary N) is 1. The Morgan fingerprint density at radius 2 is 2.00 bits per heavy atom. The van der Waals surface area contributed by atoms with Crippen LogP contribution in [0.25, 0.3) is 0 Å². The SMILES string of the molecule is CCCC(CNCC(C)C)Cc1ccc(Br)cc1F. The summed E-state index contributed by atoms with van der Waals surface area (Å²) < 4.78 is 14.7. The fraction of sp³-hybridized carbons (Fsp3) is 0.625. The van der Waals surface area contributed by atoms with Gasteiger partial charge in [0.25, 0.3) is 0 Å². The lowest BCUT2D eigenvalue weighted by molar-refractivity contribution is 0.415. The molecule has 0 radical (unpaired) electrons. The zero-order valence-corrected chi connectivity index (χ0v) is 13.8. The molecule has 1 aromatic carbocycles. The van der Waals surface area contributed by atoms with Crippen molar-refractivity contribution in [3.63, 3.8) is 0 Å².